The van der Waals surface area contributed by atoms with Gasteiger partial charge in [0.05, 0.1) is 6.54 Å². The second-order valence-electron chi connectivity index (χ2n) is 3.19. The van der Waals surface area contributed by atoms with Gasteiger partial charge in [0, 0.05) is 20.3 Å². The van der Waals surface area contributed by atoms with Gasteiger partial charge in [-0.1, -0.05) is 0 Å². The molecule has 1 rings (SSSR count). The summed E-state index contributed by atoms with van der Waals surface area (Å²) in [6.07, 6.45) is -5.18. The third kappa shape index (κ3) is 4.28. The van der Waals surface area contributed by atoms with Crippen LogP contribution in [0.2, 0.25) is 5.28 Å². The number of alkyl halides is 3. The van der Waals surface area contributed by atoms with Crippen LogP contribution in [0.5, 0.6) is 0 Å². The van der Waals surface area contributed by atoms with E-state index < -0.39 is 23.4 Å². The molecule has 1 aromatic rings. The number of nitrogens with one attached hydrogen (secondary N) is 1. The molecule has 0 aliphatic heterocycles. The van der Waals surface area contributed by atoms with Gasteiger partial charge >= 0.3 is 6.18 Å². The third-order valence-corrected chi connectivity index (χ3v) is 2.13. The normalized spacial score (nSPS) is 11.9. The highest BCUT2D eigenvalue weighted by Crippen LogP contribution is 2.29. The van der Waals surface area contributed by atoms with Crippen LogP contribution in [0.25, 0.3) is 0 Å². The van der Waals surface area contributed by atoms with E-state index in [1.807, 2.05) is 0 Å². The van der Waals surface area contributed by atoms with Gasteiger partial charge in [-0.3, -0.25) is 0 Å². The molecule has 5 nitrogen and oxygen atoms in total. The van der Waals surface area contributed by atoms with Crippen LogP contribution >= 0.6 is 11.6 Å². The Morgan fingerprint density at radius 2 is 1.94 bits per heavy atom. The lowest BCUT2D eigenvalue weighted by atomic mass is 10.4. The Kier molecular flexibility index (Phi) is 5.12. The largest absolute Gasteiger partial charge is 0.433 e. The number of anilines is 1. The van der Waals surface area contributed by atoms with E-state index in [1.165, 1.54) is 14.2 Å². The van der Waals surface area contributed by atoms with Crippen LogP contribution in [-0.4, -0.2) is 37.0 Å². The minimum Gasteiger partial charge on any atom is -0.365 e. The predicted octanol–water partition coefficient (Wildman–Crippen LogP) is 2.18. The summed E-state index contributed by atoms with van der Waals surface area (Å²) in [6, 6.07) is 0.758. The van der Waals surface area contributed by atoms with Gasteiger partial charge in [0.15, 0.2) is 12.0 Å². The van der Waals surface area contributed by atoms with Crippen molar-refractivity contribution in [3.63, 3.8) is 0 Å². The molecule has 0 spiro atoms. The summed E-state index contributed by atoms with van der Waals surface area (Å²) in [7, 11) is 2.81. The van der Waals surface area contributed by atoms with Crippen molar-refractivity contribution in [1.29, 1.82) is 0 Å². The van der Waals surface area contributed by atoms with Crippen LogP contribution in [-0.2, 0) is 15.7 Å². The smallest absolute Gasteiger partial charge is 0.365 e. The predicted molar refractivity (Wildman–Crippen MR) is 58.3 cm³/mol. The number of hydrogen-bond acceptors (Lipinski definition) is 5. The maximum absolute atomic E-state index is 12.5. The Labute approximate surface area is 106 Å². The first-order valence-electron chi connectivity index (χ1n) is 4.78. The minimum absolute atomic E-state index is 0.0542. The third-order valence-electron chi connectivity index (χ3n) is 1.96. The summed E-state index contributed by atoms with van der Waals surface area (Å²) < 4.78 is 47.1. The summed E-state index contributed by atoms with van der Waals surface area (Å²) in [5.74, 6) is -0.0542. The highest BCUT2D eigenvalue weighted by Gasteiger charge is 2.33. The van der Waals surface area contributed by atoms with Crippen LogP contribution in [0.4, 0.5) is 19.0 Å². The maximum Gasteiger partial charge on any atom is 0.433 e. The number of rotatable bonds is 5. The molecule has 0 radical (unpaired) electrons. The molecule has 0 unspecified atom stereocenters. The number of aromatic nitrogens is 2. The van der Waals surface area contributed by atoms with Gasteiger partial charge in [0.1, 0.15) is 5.82 Å². The van der Waals surface area contributed by atoms with E-state index in [1.54, 1.807) is 0 Å². The number of hydrogen-bond donors (Lipinski definition) is 1. The molecule has 0 aliphatic carbocycles. The zero-order valence-corrected chi connectivity index (χ0v) is 10.3. The molecule has 0 bridgehead atoms. The van der Waals surface area contributed by atoms with Crippen LogP contribution in [0, 0.1) is 0 Å². The second-order valence-corrected chi connectivity index (χ2v) is 3.53. The minimum atomic E-state index is -4.58. The molecule has 9 heteroatoms. The number of methoxy groups -OCH3 is 2. The molecule has 102 valence electrons. The van der Waals surface area contributed by atoms with Gasteiger partial charge in [-0.25, -0.2) is 9.97 Å². The fourth-order valence-corrected chi connectivity index (χ4v) is 1.29. The van der Waals surface area contributed by atoms with Gasteiger partial charge in [0.2, 0.25) is 5.28 Å². The standard InChI is InChI=1S/C9H11ClF3N3O2/c1-17-7(18-2)4-14-6-3-5(9(11,12)13)15-8(10)16-6/h3,7H,4H2,1-2H3,(H,14,15,16). The van der Waals surface area contributed by atoms with Gasteiger partial charge in [-0.05, 0) is 11.6 Å². The van der Waals surface area contributed by atoms with Gasteiger partial charge in [0.25, 0.3) is 0 Å². The fourth-order valence-electron chi connectivity index (χ4n) is 1.10. The Morgan fingerprint density at radius 3 is 2.44 bits per heavy atom. The highest BCUT2D eigenvalue weighted by molar-refractivity contribution is 6.28. The monoisotopic (exact) mass is 285 g/mol. The van der Waals surface area contributed by atoms with E-state index >= 15 is 0 Å². The highest BCUT2D eigenvalue weighted by atomic mass is 35.5. The van der Waals surface area contributed by atoms with Crippen molar-refractivity contribution < 1.29 is 22.6 Å². The lowest BCUT2D eigenvalue weighted by molar-refractivity contribution is -0.141. The van der Waals surface area contributed by atoms with Crippen LogP contribution < -0.4 is 5.32 Å². The molecule has 1 heterocycles. The average Bonchev–Trinajstić information content (AvgIpc) is 2.28. The first kappa shape index (κ1) is 14.9. The number of ether oxygens (including phenoxy) is 2. The lowest BCUT2D eigenvalue weighted by Crippen LogP contribution is -2.24. The number of nitrogens with zero attached hydrogens (tertiary/aromatic N) is 2. The van der Waals surface area contributed by atoms with Crippen molar-refractivity contribution in [2.75, 3.05) is 26.1 Å². The fraction of sp³-hybridized carbons (Fsp3) is 0.556. The quantitative estimate of drug-likeness (QED) is 0.664. The maximum atomic E-state index is 12.5. The second kappa shape index (κ2) is 6.17. The summed E-state index contributed by atoms with van der Waals surface area (Å²) >= 11 is 5.41. The van der Waals surface area contributed by atoms with Crippen molar-refractivity contribution in [2.45, 2.75) is 12.5 Å². The molecule has 0 amide bonds. The summed E-state index contributed by atoms with van der Waals surface area (Å²) in [4.78, 5) is 6.72. The zero-order chi connectivity index (χ0) is 13.8. The van der Waals surface area contributed by atoms with Crippen molar-refractivity contribution in [3.05, 3.63) is 17.0 Å². The molecule has 0 aromatic carbocycles. The lowest BCUT2D eigenvalue weighted by Gasteiger charge is -2.15. The SMILES string of the molecule is COC(CNc1cc(C(F)(F)F)nc(Cl)n1)OC. The van der Waals surface area contributed by atoms with Crippen molar-refractivity contribution in [2.24, 2.45) is 0 Å². The average molecular weight is 286 g/mol. The first-order valence-corrected chi connectivity index (χ1v) is 5.16. The van der Waals surface area contributed by atoms with E-state index in [9.17, 15) is 13.2 Å². The Bertz CT molecular complexity index is 399. The molecule has 0 saturated carbocycles. The topological polar surface area (TPSA) is 56.3 Å². The van der Waals surface area contributed by atoms with Gasteiger partial charge in [-0.15, -0.1) is 0 Å². The summed E-state index contributed by atoms with van der Waals surface area (Å²) in [6.45, 7) is 0.123. The van der Waals surface area contributed by atoms with Crippen LogP contribution in [0.1, 0.15) is 5.69 Å². The van der Waals surface area contributed by atoms with Crippen LogP contribution in [0.15, 0.2) is 6.07 Å². The molecule has 0 saturated heterocycles. The Morgan fingerprint density at radius 1 is 1.33 bits per heavy atom. The van der Waals surface area contributed by atoms with Gasteiger partial charge in [-0.2, -0.15) is 13.2 Å². The van der Waals surface area contributed by atoms with E-state index in [2.05, 4.69) is 15.3 Å². The van der Waals surface area contributed by atoms with Crippen molar-refractivity contribution >= 4 is 17.4 Å². The van der Waals surface area contributed by atoms with Crippen molar-refractivity contribution in [3.8, 4) is 0 Å². The summed E-state index contributed by atoms with van der Waals surface area (Å²) in [5.41, 5.74) is -1.11. The molecule has 0 aliphatic rings. The summed E-state index contributed by atoms with van der Waals surface area (Å²) in [5, 5.41) is 2.13. The van der Waals surface area contributed by atoms with E-state index in [0.717, 1.165) is 6.07 Å². The van der Waals surface area contributed by atoms with E-state index in [0.29, 0.717) is 0 Å². The zero-order valence-electron chi connectivity index (χ0n) is 9.58. The molecule has 18 heavy (non-hydrogen) atoms. The molecule has 1 N–H and O–H groups in total. The first-order chi connectivity index (χ1) is 8.36. The number of halogens is 4. The van der Waals surface area contributed by atoms with E-state index in [4.69, 9.17) is 21.1 Å². The van der Waals surface area contributed by atoms with Crippen molar-refractivity contribution in [1.82, 2.24) is 9.97 Å². The molecular formula is C9H11ClF3N3O2. The Hall–Kier alpha value is -1.12. The van der Waals surface area contributed by atoms with Crippen LogP contribution in [0.3, 0.4) is 0 Å². The van der Waals surface area contributed by atoms with Gasteiger partial charge < -0.3 is 14.8 Å². The molecular weight excluding hydrogens is 275 g/mol. The molecule has 0 atom stereocenters. The molecule has 1 aromatic heterocycles. The van der Waals surface area contributed by atoms with E-state index in [-0.39, 0.29) is 12.4 Å². The Balaban J connectivity index is 2.81. The molecule has 0 fully saturated rings.